The van der Waals surface area contributed by atoms with Gasteiger partial charge in [0.1, 0.15) is 12.2 Å². The summed E-state index contributed by atoms with van der Waals surface area (Å²) in [6, 6.07) is 0. The molecule has 0 radical (unpaired) electrons. The largest absolute Gasteiger partial charge is 0.348 e. The lowest BCUT2D eigenvalue weighted by atomic mass is 9.96. The van der Waals surface area contributed by atoms with Gasteiger partial charge in [-0.3, -0.25) is 0 Å². The van der Waals surface area contributed by atoms with Crippen molar-refractivity contribution in [1.82, 2.24) is 29.5 Å². The second kappa shape index (κ2) is 5.05. The molecule has 1 aliphatic rings. The Hall–Kier alpha value is -1.96. The van der Waals surface area contributed by atoms with E-state index in [0.717, 1.165) is 48.2 Å². The normalized spacial score (nSPS) is 16.8. The fourth-order valence-electron chi connectivity index (χ4n) is 3.20. The molecule has 3 aromatic rings. The van der Waals surface area contributed by atoms with Crippen LogP contribution in [0.1, 0.15) is 30.3 Å². The first-order valence-corrected chi connectivity index (χ1v) is 8.34. The maximum Gasteiger partial charge on any atom is 0.188 e. The topological polar surface area (TPSA) is 64.7 Å². The van der Waals surface area contributed by atoms with Crippen molar-refractivity contribution in [1.29, 1.82) is 0 Å². The molecule has 0 bridgehead atoms. The van der Waals surface area contributed by atoms with E-state index in [2.05, 4.69) is 20.2 Å². The van der Waals surface area contributed by atoms with E-state index in [9.17, 15) is 0 Å². The zero-order valence-corrected chi connectivity index (χ0v) is 13.8. The van der Waals surface area contributed by atoms with Gasteiger partial charge >= 0.3 is 0 Å². The summed E-state index contributed by atoms with van der Waals surface area (Å²) in [5.41, 5.74) is 2.06. The lowest BCUT2D eigenvalue weighted by Gasteiger charge is -2.31. The fraction of sp³-hybridized carbons (Fsp3) is 0.571. The number of hydrogen-bond donors (Lipinski definition) is 0. The third-order valence-electron chi connectivity index (χ3n) is 4.41. The van der Waals surface area contributed by atoms with Crippen molar-refractivity contribution in [2.45, 2.75) is 25.7 Å². The van der Waals surface area contributed by atoms with Gasteiger partial charge in [-0.1, -0.05) is 11.3 Å². The molecule has 7 nitrogen and oxygen atoms in total. The molecule has 116 valence electrons. The Labute approximate surface area is 132 Å². The summed E-state index contributed by atoms with van der Waals surface area (Å²) in [6.07, 6.45) is 3.98. The van der Waals surface area contributed by atoms with Crippen LogP contribution in [0.5, 0.6) is 0 Å². The molecule has 0 aliphatic carbocycles. The van der Waals surface area contributed by atoms with E-state index in [-0.39, 0.29) is 0 Å². The Morgan fingerprint density at radius 1 is 1.23 bits per heavy atom. The van der Waals surface area contributed by atoms with Crippen molar-refractivity contribution in [2.24, 2.45) is 14.1 Å². The fourth-order valence-corrected chi connectivity index (χ4v) is 4.28. The van der Waals surface area contributed by atoms with Gasteiger partial charge in [-0.25, -0.2) is 9.67 Å². The van der Waals surface area contributed by atoms with Crippen LogP contribution in [0.15, 0.2) is 6.33 Å². The highest BCUT2D eigenvalue weighted by Crippen LogP contribution is 2.34. The Kier molecular flexibility index (Phi) is 3.14. The summed E-state index contributed by atoms with van der Waals surface area (Å²) >= 11 is 1.75. The molecule has 1 fully saturated rings. The molecule has 0 amide bonds. The number of hydrogen-bond acceptors (Lipinski definition) is 6. The van der Waals surface area contributed by atoms with Gasteiger partial charge in [-0.05, 0) is 19.8 Å². The first kappa shape index (κ1) is 13.7. The van der Waals surface area contributed by atoms with Crippen molar-refractivity contribution in [3.05, 3.63) is 17.8 Å². The molecule has 0 saturated carbocycles. The molecule has 1 saturated heterocycles. The summed E-state index contributed by atoms with van der Waals surface area (Å²) in [5, 5.41) is 13.8. The average Bonchev–Trinajstić information content (AvgIpc) is 3.18. The van der Waals surface area contributed by atoms with Gasteiger partial charge in [-0.15, -0.1) is 10.2 Å². The first-order chi connectivity index (χ1) is 10.6. The third kappa shape index (κ3) is 2.09. The molecule has 0 atom stereocenters. The standard InChI is InChI=1S/C14H19N7S/c1-9-11-13(20(3)18-9)16-14(22-11)21-6-4-10(5-7-21)12-17-15-8-19(12)2/h8,10H,4-7H2,1-3H3. The summed E-state index contributed by atoms with van der Waals surface area (Å²) < 4.78 is 5.11. The monoisotopic (exact) mass is 317 g/mol. The number of fused-ring (bicyclic) bond motifs is 1. The van der Waals surface area contributed by atoms with E-state index in [4.69, 9.17) is 4.98 Å². The highest BCUT2D eigenvalue weighted by Gasteiger charge is 2.26. The molecular weight excluding hydrogens is 298 g/mol. The molecule has 0 spiro atoms. The van der Waals surface area contributed by atoms with Crippen molar-refractivity contribution < 1.29 is 0 Å². The molecule has 0 aromatic carbocycles. The summed E-state index contributed by atoms with van der Waals surface area (Å²) in [7, 11) is 3.98. The minimum Gasteiger partial charge on any atom is -0.348 e. The summed E-state index contributed by atoms with van der Waals surface area (Å²) in [6.45, 7) is 4.08. The van der Waals surface area contributed by atoms with Gasteiger partial charge in [0.25, 0.3) is 0 Å². The van der Waals surface area contributed by atoms with Crippen LogP contribution in [-0.2, 0) is 14.1 Å². The molecule has 3 aromatic heterocycles. The first-order valence-electron chi connectivity index (χ1n) is 7.52. The lowest BCUT2D eigenvalue weighted by molar-refractivity contribution is 0.474. The highest BCUT2D eigenvalue weighted by molar-refractivity contribution is 7.22. The van der Waals surface area contributed by atoms with Crippen LogP contribution in [0.25, 0.3) is 10.3 Å². The molecule has 0 unspecified atom stereocenters. The van der Waals surface area contributed by atoms with Crippen molar-refractivity contribution in [3.63, 3.8) is 0 Å². The van der Waals surface area contributed by atoms with Gasteiger partial charge in [0, 0.05) is 33.1 Å². The van der Waals surface area contributed by atoms with E-state index >= 15 is 0 Å². The van der Waals surface area contributed by atoms with Gasteiger partial charge in [0.15, 0.2) is 10.8 Å². The summed E-state index contributed by atoms with van der Waals surface area (Å²) in [5.74, 6) is 1.60. The molecule has 8 heteroatoms. The number of aryl methyl sites for hydroxylation is 3. The van der Waals surface area contributed by atoms with E-state index in [1.54, 1.807) is 17.7 Å². The number of piperidine rings is 1. The Balaban J connectivity index is 1.53. The smallest absolute Gasteiger partial charge is 0.188 e. The summed E-state index contributed by atoms with van der Waals surface area (Å²) in [4.78, 5) is 7.16. The minimum absolute atomic E-state index is 0.501. The maximum absolute atomic E-state index is 4.77. The van der Waals surface area contributed by atoms with Gasteiger partial charge in [-0.2, -0.15) is 5.10 Å². The second-order valence-electron chi connectivity index (χ2n) is 5.92. The van der Waals surface area contributed by atoms with Crippen LogP contribution in [0.4, 0.5) is 5.13 Å². The molecule has 0 N–H and O–H groups in total. The molecule has 4 heterocycles. The maximum atomic E-state index is 4.77. The predicted molar refractivity (Wildman–Crippen MR) is 86.3 cm³/mol. The Morgan fingerprint density at radius 3 is 2.64 bits per heavy atom. The number of nitrogens with zero attached hydrogens (tertiary/aromatic N) is 7. The zero-order chi connectivity index (χ0) is 15.3. The van der Waals surface area contributed by atoms with E-state index in [1.165, 1.54) is 4.70 Å². The van der Waals surface area contributed by atoms with E-state index < -0.39 is 0 Å². The average molecular weight is 317 g/mol. The predicted octanol–water partition coefficient (Wildman–Crippen LogP) is 1.85. The van der Waals surface area contributed by atoms with Crippen molar-refractivity contribution in [3.8, 4) is 0 Å². The number of rotatable bonds is 2. The lowest BCUT2D eigenvalue weighted by Crippen LogP contribution is -2.33. The Morgan fingerprint density at radius 2 is 2.00 bits per heavy atom. The SMILES string of the molecule is Cc1nn(C)c2nc(N3CCC(c4nncn4C)CC3)sc12. The van der Waals surface area contributed by atoms with Crippen molar-refractivity contribution >= 4 is 26.8 Å². The van der Waals surface area contributed by atoms with Gasteiger partial charge in [0.05, 0.1) is 10.4 Å². The molecule has 1 aliphatic heterocycles. The zero-order valence-electron chi connectivity index (χ0n) is 13.0. The van der Waals surface area contributed by atoms with Crippen molar-refractivity contribution in [2.75, 3.05) is 18.0 Å². The van der Waals surface area contributed by atoms with Crippen LogP contribution in [0.2, 0.25) is 0 Å². The highest BCUT2D eigenvalue weighted by atomic mass is 32.1. The van der Waals surface area contributed by atoms with Crippen LogP contribution < -0.4 is 4.90 Å². The minimum atomic E-state index is 0.501. The second-order valence-corrected chi connectivity index (χ2v) is 6.90. The number of thiazole rings is 1. The number of aromatic nitrogens is 6. The number of anilines is 1. The van der Waals surface area contributed by atoms with E-state index in [0.29, 0.717) is 5.92 Å². The van der Waals surface area contributed by atoms with Crippen LogP contribution in [0, 0.1) is 6.92 Å². The van der Waals surface area contributed by atoms with Crippen LogP contribution in [0.3, 0.4) is 0 Å². The molecular formula is C14H19N7S. The third-order valence-corrected chi connectivity index (χ3v) is 5.62. The van der Waals surface area contributed by atoms with E-state index in [1.807, 2.05) is 30.3 Å². The quantitative estimate of drug-likeness (QED) is 0.722. The molecule has 22 heavy (non-hydrogen) atoms. The van der Waals surface area contributed by atoms with Gasteiger partial charge < -0.3 is 9.47 Å². The van der Waals surface area contributed by atoms with Crippen LogP contribution in [-0.4, -0.2) is 42.6 Å². The molecule has 4 rings (SSSR count). The van der Waals surface area contributed by atoms with Crippen LogP contribution >= 0.6 is 11.3 Å². The van der Waals surface area contributed by atoms with Gasteiger partial charge in [0.2, 0.25) is 0 Å². The Bertz CT molecular complexity index is 772.